The van der Waals surface area contributed by atoms with Crippen molar-refractivity contribution in [1.82, 2.24) is 10.2 Å². The summed E-state index contributed by atoms with van der Waals surface area (Å²) in [6.07, 6.45) is 8.74. The Morgan fingerprint density at radius 3 is 2.81 bits per heavy atom. The fourth-order valence-corrected chi connectivity index (χ4v) is 3.45. The first-order valence-corrected chi connectivity index (χ1v) is 7.25. The fourth-order valence-electron chi connectivity index (χ4n) is 3.45. The van der Waals surface area contributed by atoms with E-state index in [-0.39, 0.29) is 0 Å². The maximum absolute atomic E-state index is 3.51. The Hall–Kier alpha value is -0.0800. The minimum Gasteiger partial charge on any atom is -0.314 e. The summed E-state index contributed by atoms with van der Waals surface area (Å²) in [5.74, 6) is 1.05. The van der Waals surface area contributed by atoms with Gasteiger partial charge in [0.25, 0.3) is 0 Å². The van der Waals surface area contributed by atoms with Gasteiger partial charge in [-0.15, -0.1) is 0 Å². The molecule has 2 aliphatic rings. The number of hydrogen-bond acceptors (Lipinski definition) is 2. The summed E-state index contributed by atoms with van der Waals surface area (Å²) in [6.45, 7) is 8.34. The number of nitrogens with zero attached hydrogens (tertiary/aromatic N) is 1. The predicted molar refractivity (Wildman–Crippen MR) is 69.7 cm³/mol. The van der Waals surface area contributed by atoms with E-state index in [1.54, 1.807) is 0 Å². The predicted octanol–water partition coefficient (Wildman–Crippen LogP) is 2.64. The highest BCUT2D eigenvalue weighted by Gasteiger charge is 2.34. The second kappa shape index (κ2) is 6.02. The van der Waals surface area contributed by atoms with Crippen LogP contribution in [-0.4, -0.2) is 36.6 Å². The summed E-state index contributed by atoms with van der Waals surface area (Å²) in [5, 5.41) is 3.51. The van der Waals surface area contributed by atoms with Crippen LogP contribution in [-0.2, 0) is 0 Å². The molecule has 1 heterocycles. The molecule has 1 aliphatic heterocycles. The molecule has 2 unspecified atom stereocenters. The van der Waals surface area contributed by atoms with E-state index >= 15 is 0 Å². The summed E-state index contributed by atoms with van der Waals surface area (Å²) in [6, 6.07) is 1.59. The molecule has 1 N–H and O–H groups in total. The summed E-state index contributed by atoms with van der Waals surface area (Å²) in [5.41, 5.74) is 0. The molecule has 0 aromatic rings. The van der Waals surface area contributed by atoms with Crippen molar-refractivity contribution >= 4 is 0 Å². The molecule has 2 atom stereocenters. The largest absolute Gasteiger partial charge is 0.314 e. The van der Waals surface area contributed by atoms with Crippen LogP contribution in [0.25, 0.3) is 0 Å². The van der Waals surface area contributed by atoms with Gasteiger partial charge in [0.2, 0.25) is 0 Å². The van der Waals surface area contributed by atoms with Crippen molar-refractivity contribution in [3.63, 3.8) is 0 Å². The Morgan fingerprint density at radius 1 is 1.19 bits per heavy atom. The third kappa shape index (κ3) is 3.21. The SMILES string of the molecule is CC(C)NCCCN1CCC2CCCCC21. The Balaban J connectivity index is 1.66. The standard InChI is InChI=1S/C14H28N2/c1-12(2)15-9-5-10-16-11-8-13-6-3-4-7-14(13)16/h12-15H,3-11H2,1-2H3. The van der Waals surface area contributed by atoms with Gasteiger partial charge in [-0.1, -0.05) is 26.7 Å². The zero-order valence-electron chi connectivity index (χ0n) is 11.0. The van der Waals surface area contributed by atoms with E-state index in [4.69, 9.17) is 0 Å². The van der Waals surface area contributed by atoms with Crippen LogP contribution in [0.15, 0.2) is 0 Å². The molecule has 0 aromatic heterocycles. The maximum Gasteiger partial charge on any atom is 0.0124 e. The van der Waals surface area contributed by atoms with E-state index in [0.717, 1.165) is 12.0 Å². The molecule has 0 aromatic carbocycles. The monoisotopic (exact) mass is 224 g/mol. The fraction of sp³-hybridized carbons (Fsp3) is 1.00. The smallest absolute Gasteiger partial charge is 0.0124 e. The molecule has 0 spiro atoms. The Morgan fingerprint density at radius 2 is 2.00 bits per heavy atom. The second-order valence-electron chi connectivity index (χ2n) is 5.90. The summed E-state index contributed by atoms with van der Waals surface area (Å²) >= 11 is 0. The van der Waals surface area contributed by atoms with Crippen molar-refractivity contribution in [3.8, 4) is 0 Å². The van der Waals surface area contributed by atoms with E-state index < -0.39 is 0 Å². The van der Waals surface area contributed by atoms with Crippen LogP contribution >= 0.6 is 0 Å². The zero-order valence-corrected chi connectivity index (χ0v) is 11.0. The van der Waals surface area contributed by atoms with Gasteiger partial charge in [0.1, 0.15) is 0 Å². The first-order valence-electron chi connectivity index (χ1n) is 7.25. The maximum atomic E-state index is 3.51. The topological polar surface area (TPSA) is 15.3 Å². The molecule has 94 valence electrons. The van der Waals surface area contributed by atoms with Crippen LogP contribution < -0.4 is 5.32 Å². The molecule has 1 aliphatic carbocycles. The lowest BCUT2D eigenvalue weighted by Gasteiger charge is -2.31. The highest BCUT2D eigenvalue weighted by molar-refractivity contribution is 4.89. The van der Waals surface area contributed by atoms with Crippen molar-refractivity contribution in [2.24, 2.45) is 5.92 Å². The molecule has 16 heavy (non-hydrogen) atoms. The Bertz CT molecular complexity index is 203. The molecule has 2 heteroatoms. The first kappa shape index (κ1) is 12.4. The van der Waals surface area contributed by atoms with Crippen LogP contribution in [0.3, 0.4) is 0 Å². The van der Waals surface area contributed by atoms with Gasteiger partial charge in [-0.3, -0.25) is 0 Å². The highest BCUT2D eigenvalue weighted by atomic mass is 15.2. The molecule has 2 fully saturated rings. The molecular weight excluding hydrogens is 196 g/mol. The van der Waals surface area contributed by atoms with E-state index in [1.165, 1.54) is 58.2 Å². The number of likely N-dealkylation sites (tertiary alicyclic amines) is 1. The van der Waals surface area contributed by atoms with Crippen LogP contribution in [0.4, 0.5) is 0 Å². The van der Waals surface area contributed by atoms with Gasteiger partial charge in [-0.25, -0.2) is 0 Å². The molecule has 1 saturated carbocycles. The summed E-state index contributed by atoms with van der Waals surface area (Å²) in [7, 11) is 0. The van der Waals surface area contributed by atoms with Crippen molar-refractivity contribution in [1.29, 1.82) is 0 Å². The molecule has 2 rings (SSSR count). The van der Waals surface area contributed by atoms with Gasteiger partial charge >= 0.3 is 0 Å². The zero-order chi connectivity index (χ0) is 11.4. The number of nitrogens with one attached hydrogen (secondary N) is 1. The normalized spacial score (nSPS) is 30.9. The average Bonchev–Trinajstić information content (AvgIpc) is 2.68. The second-order valence-corrected chi connectivity index (χ2v) is 5.90. The van der Waals surface area contributed by atoms with Gasteiger partial charge in [-0.2, -0.15) is 0 Å². The quantitative estimate of drug-likeness (QED) is 0.722. The minimum absolute atomic E-state index is 0.640. The number of hydrogen-bond donors (Lipinski definition) is 1. The van der Waals surface area contributed by atoms with Crippen LogP contribution in [0.1, 0.15) is 52.4 Å². The van der Waals surface area contributed by atoms with E-state index in [9.17, 15) is 0 Å². The Labute approximate surface area is 101 Å². The third-order valence-corrected chi connectivity index (χ3v) is 4.30. The van der Waals surface area contributed by atoms with E-state index in [1.807, 2.05) is 0 Å². The van der Waals surface area contributed by atoms with Crippen LogP contribution in [0.2, 0.25) is 0 Å². The number of rotatable bonds is 5. The lowest BCUT2D eigenvalue weighted by molar-refractivity contribution is 0.180. The molecule has 0 radical (unpaired) electrons. The third-order valence-electron chi connectivity index (χ3n) is 4.30. The molecule has 2 nitrogen and oxygen atoms in total. The molecular formula is C14H28N2. The molecule has 1 saturated heterocycles. The van der Waals surface area contributed by atoms with Gasteiger partial charge in [-0.05, 0) is 51.2 Å². The van der Waals surface area contributed by atoms with Crippen molar-refractivity contribution in [3.05, 3.63) is 0 Å². The van der Waals surface area contributed by atoms with E-state index in [0.29, 0.717) is 6.04 Å². The van der Waals surface area contributed by atoms with Crippen LogP contribution in [0, 0.1) is 5.92 Å². The van der Waals surface area contributed by atoms with Gasteiger partial charge in [0, 0.05) is 12.1 Å². The highest BCUT2D eigenvalue weighted by Crippen LogP contribution is 2.35. The lowest BCUT2D eigenvalue weighted by Crippen LogP contribution is -2.36. The van der Waals surface area contributed by atoms with Crippen molar-refractivity contribution in [2.45, 2.75) is 64.5 Å². The Kier molecular flexibility index (Phi) is 4.66. The summed E-state index contributed by atoms with van der Waals surface area (Å²) < 4.78 is 0. The van der Waals surface area contributed by atoms with Gasteiger partial charge < -0.3 is 10.2 Å². The lowest BCUT2D eigenvalue weighted by atomic mass is 9.85. The number of fused-ring (bicyclic) bond motifs is 1. The average molecular weight is 224 g/mol. The van der Waals surface area contributed by atoms with Crippen molar-refractivity contribution < 1.29 is 0 Å². The summed E-state index contributed by atoms with van der Waals surface area (Å²) in [4.78, 5) is 2.77. The molecule has 0 amide bonds. The van der Waals surface area contributed by atoms with Gasteiger partial charge in [0.15, 0.2) is 0 Å². The minimum atomic E-state index is 0.640. The van der Waals surface area contributed by atoms with Crippen LogP contribution in [0.5, 0.6) is 0 Å². The first-order chi connectivity index (χ1) is 7.77. The van der Waals surface area contributed by atoms with Gasteiger partial charge in [0.05, 0.1) is 0 Å². The van der Waals surface area contributed by atoms with E-state index in [2.05, 4.69) is 24.1 Å². The van der Waals surface area contributed by atoms with Crippen molar-refractivity contribution in [2.75, 3.05) is 19.6 Å². The molecule has 0 bridgehead atoms.